The van der Waals surface area contributed by atoms with Gasteiger partial charge in [0.05, 0.1) is 0 Å². The molecule has 0 aromatic rings. The monoisotopic (exact) mass is 267 g/mol. The van der Waals surface area contributed by atoms with Gasteiger partial charge in [0.15, 0.2) is 0 Å². The summed E-state index contributed by atoms with van der Waals surface area (Å²) in [5.41, 5.74) is 8.99. The molecule has 1 rings (SSSR count). The van der Waals surface area contributed by atoms with Gasteiger partial charge < -0.3 is 5.53 Å². The third kappa shape index (κ3) is 8.20. The summed E-state index contributed by atoms with van der Waals surface area (Å²) in [4.78, 5) is 5.14. The van der Waals surface area contributed by atoms with Crippen LogP contribution in [0, 0.1) is 0 Å². The minimum atomic E-state index is -5.25. The fourth-order valence-electron chi connectivity index (χ4n) is 0.925. The number of hydrogen-bond acceptors (Lipinski definition) is 3. The van der Waals surface area contributed by atoms with Gasteiger partial charge in [-0.3, -0.25) is 4.90 Å². The summed E-state index contributed by atoms with van der Waals surface area (Å²) < 4.78 is 31.9. The summed E-state index contributed by atoms with van der Waals surface area (Å²) in [5.74, 6) is 0. The average molecular weight is 267 g/mol. The molecule has 0 saturated carbocycles. The molecule has 0 amide bonds. The van der Waals surface area contributed by atoms with Crippen molar-refractivity contribution in [3.63, 3.8) is 0 Å². The number of allylic oxidation sites excluding steroid dienone is 2. The summed E-state index contributed by atoms with van der Waals surface area (Å²) in [6, 6.07) is 0.320. The summed E-state index contributed by atoms with van der Waals surface area (Å²) >= 11 is -5.25. The van der Waals surface area contributed by atoms with Crippen molar-refractivity contribution in [3.05, 3.63) is 29.8 Å². The summed E-state index contributed by atoms with van der Waals surface area (Å²) in [5, 5.41) is 0. The van der Waals surface area contributed by atoms with Crippen molar-refractivity contribution in [3.8, 4) is 0 Å². The first-order valence-corrected chi connectivity index (χ1v) is 6.37. The van der Waals surface area contributed by atoms with Crippen LogP contribution in [0.2, 0.25) is 0 Å². The Kier molecular flexibility index (Phi) is 6.00. The van der Waals surface area contributed by atoms with Gasteiger partial charge in [-0.15, -0.1) is 0 Å². The summed E-state index contributed by atoms with van der Waals surface area (Å²) in [7, 11) is 4.00. The van der Waals surface area contributed by atoms with Crippen LogP contribution < -0.4 is 0 Å². The molecule has 0 aromatic carbocycles. The van der Waals surface area contributed by atoms with Crippen LogP contribution in [-0.4, -0.2) is 43.9 Å². The normalized spacial score (nSPS) is 19.1. The first-order chi connectivity index (χ1) is 7.24. The second-order valence-corrected chi connectivity index (χ2v) is 4.54. The molecule has 0 bridgehead atoms. The van der Waals surface area contributed by atoms with Crippen LogP contribution in [0.1, 0.15) is 0 Å². The molecule has 0 atom stereocenters. The van der Waals surface area contributed by atoms with Crippen LogP contribution in [0.3, 0.4) is 0 Å². The van der Waals surface area contributed by atoms with E-state index in [0.29, 0.717) is 11.8 Å². The zero-order valence-corrected chi connectivity index (χ0v) is 10.1. The predicted octanol–water partition coefficient (Wildman–Crippen LogP) is -0.641. The molecule has 16 heavy (non-hydrogen) atoms. The standard InChI is InChI=1S/C8H11N3.Cr.2H2O.2O/c1-11(2)8-5-3-7(10-9)4-6-8;;;;;/h3-6,8H,1-2H3;;2*1H2;;/q;+2;;;;/p-2. The van der Waals surface area contributed by atoms with Crippen LogP contribution in [0.15, 0.2) is 24.3 Å². The van der Waals surface area contributed by atoms with Crippen molar-refractivity contribution in [2.45, 2.75) is 6.04 Å². The minimum absolute atomic E-state index is 0.320. The second-order valence-electron chi connectivity index (χ2n) is 3.15. The van der Waals surface area contributed by atoms with E-state index in [1.165, 1.54) is 0 Å². The first-order valence-electron chi connectivity index (χ1n) is 4.19. The Hall–Kier alpha value is -1.13. The molecule has 2 N–H and O–H groups in total. The predicted molar refractivity (Wildman–Crippen MR) is 50.2 cm³/mol. The zero-order chi connectivity index (χ0) is 12.8. The maximum atomic E-state index is 8.82. The number of likely N-dealkylation sites (N-methyl/N-ethyl adjacent to an activating group) is 1. The average Bonchev–Trinajstić information content (AvgIpc) is 2.15. The molecule has 0 aromatic heterocycles. The molecule has 1 aliphatic rings. The van der Waals surface area contributed by atoms with Crippen LogP contribution in [0.5, 0.6) is 0 Å². The van der Waals surface area contributed by atoms with Crippen LogP contribution in [0.25, 0.3) is 5.53 Å². The van der Waals surface area contributed by atoms with Crippen LogP contribution in [-0.2, 0) is 21.2 Å². The van der Waals surface area contributed by atoms with Gasteiger partial charge in [-0.2, -0.15) is 4.79 Å². The molecular weight excluding hydrogens is 254 g/mol. The molecule has 8 heteroatoms. The number of rotatable bonds is 1. The quantitative estimate of drug-likeness (QED) is 0.484. The van der Waals surface area contributed by atoms with Crippen molar-refractivity contribution in [1.82, 2.24) is 4.90 Å². The fraction of sp³-hybridized carbons (Fsp3) is 0.375. The number of nitrogens with zero attached hydrogens (tertiary/aromatic N) is 3. The summed E-state index contributed by atoms with van der Waals surface area (Å²) in [6.45, 7) is 0. The molecule has 90 valence electrons. The van der Waals surface area contributed by atoms with Crippen molar-refractivity contribution in [1.29, 1.82) is 0 Å². The van der Waals surface area contributed by atoms with Gasteiger partial charge in [-0.05, 0) is 14.1 Å². The zero-order valence-electron chi connectivity index (χ0n) is 8.85. The van der Waals surface area contributed by atoms with Crippen molar-refractivity contribution >= 4 is 5.71 Å². The topological polar surface area (TPSA) is 114 Å². The molecule has 0 heterocycles. The maximum absolute atomic E-state index is 8.82. The van der Waals surface area contributed by atoms with Crippen molar-refractivity contribution in [2.75, 3.05) is 14.1 Å². The van der Waals surface area contributed by atoms with Gasteiger partial charge in [0.1, 0.15) is 0 Å². The van der Waals surface area contributed by atoms with E-state index in [0.717, 1.165) is 0 Å². The Morgan fingerprint density at radius 2 is 1.69 bits per heavy atom. The van der Waals surface area contributed by atoms with Gasteiger partial charge in [-0.25, -0.2) is 0 Å². The first kappa shape index (κ1) is 14.9. The van der Waals surface area contributed by atoms with E-state index in [1.807, 2.05) is 26.2 Å². The Morgan fingerprint density at radius 1 is 1.31 bits per heavy atom. The Morgan fingerprint density at radius 3 is 1.94 bits per heavy atom. The van der Waals surface area contributed by atoms with Crippen molar-refractivity contribution in [2.24, 2.45) is 0 Å². The molecule has 7 nitrogen and oxygen atoms in total. The molecule has 0 spiro atoms. The van der Waals surface area contributed by atoms with Gasteiger partial charge >= 0.3 is 35.2 Å². The summed E-state index contributed by atoms with van der Waals surface area (Å²) in [6.07, 6.45) is 7.56. The van der Waals surface area contributed by atoms with E-state index in [1.54, 1.807) is 12.2 Å². The molecule has 0 aliphatic heterocycles. The van der Waals surface area contributed by atoms with E-state index in [-0.39, 0.29) is 0 Å². The molecule has 1 aliphatic carbocycles. The van der Waals surface area contributed by atoms with Gasteiger partial charge in [0.2, 0.25) is 0 Å². The molecular formula is C8H13CrN3O4. The van der Waals surface area contributed by atoms with E-state index in [9.17, 15) is 0 Å². The molecule has 0 unspecified atom stereocenters. The van der Waals surface area contributed by atoms with Crippen LogP contribution in [0.4, 0.5) is 0 Å². The Bertz CT molecular complexity index is 408. The SMILES string of the molecule is CN(C)C1C=CC(=[N+]=[N-])C=C1.[O]=[Cr](=[O])([OH])[OH]. The third-order valence-corrected chi connectivity index (χ3v) is 1.64. The van der Waals surface area contributed by atoms with Gasteiger partial charge in [-0.1, -0.05) is 12.2 Å². The van der Waals surface area contributed by atoms with Crippen molar-refractivity contribution < 1.29 is 34.3 Å². The Balaban J connectivity index is 0.000000385. The van der Waals surface area contributed by atoms with E-state index < -0.39 is 13.6 Å². The van der Waals surface area contributed by atoms with Gasteiger partial charge in [0, 0.05) is 18.2 Å². The molecule has 0 saturated heterocycles. The third-order valence-electron chi connectivity index (χ3n) is 1.64. The fourth-order valence-corrected chi connectivity index (χ4v) is 0.925. The van der Waals surface area contributed by atoms with Gasteiger partial charge in [0.25, 0.3) is 0 Å². The van der Waals surface area contributed by atoms with Crippen LogP contribution >= 0.6 is 0 Å². The van der Waals surface area contributed by atoms with E-state index in [2.05, 4.69) is 9.69 Å². The second kappa shape index (κ2) is 6.45. The molecule has 0 fully saturated rings. The molecule has 0 radical (unpaired) electrons. The number of hydrogen-bond donors (Lipinski definition) is 2. The Labute approximate surface area is 95.3 Å². The van der Waals surface area contributed by atoms with E-state index in [4.69, 9.17) is 21.5 Å². The van der Waals surface area contributed by atoms with E-state index >= 15 is 0 Å².